The fourth-order valence-corrected chi connectivity index (χ4v) is 3.61. The van der Waals surface area contributed by atoms with Crippen molar-refractivity contribution in [2.45, 2.75) is 65.0 Å². The summed E-state index contributed by atoms with van der Waals surface area (Å²) in [6.45, 7) is 7.87. The van der Waals surface area contributed by atoms with Gasteiger partial charge in [0, 0.05) is 25.6 Å². The van der Waals surface area contributed by atoms with Crippen LogP contribution in [0.4, 0.5) is 0 Å². The molecule has 2 heterocycles. The zero-order valence-corrected chi connectivity index (χ0v) is 12.4. The maximum Gasteiger partial charge on any atom is 0.245 e. The highest BCUT2D eigenvalue weighted by Gasteiger charge is 2.41. The molecule has 2 amide bonds. The Balaban J connectivity index is 2.17. The van der Waals surface area contributed by atoms with Crippen LogP contribution in [0.15, 0.2) is 0 Å². The number of hydrogen-bond donors (Lipinski definition) is 0. The van der Waals surface area contributed by atoms with E-state index in [1.807, 2.05) is 9.80 Å². The quantitative estimate of drug-likeness (QED) is 0.781. The molecule has 0 aromatic rings. The molecule has 2 saturated heterocycles. The molecule has 0 bridgehead atoms. The van der Waals surface area contributed by atoms with Gasteiger partial charge >= 0.3 is 0 Å². The van der Waals surface area contributed by atoms with Crippen LogP contribution in [0.2, 0.25) is 0 Å². The Kier molecular flexibility index (Phi) is 4.48. The predicted octanol–water partition coefficient (Wildman–Crippen LogP) is 2.03. The molecule has 4 heteroatoms. The van der Waals surface area contributed by atoms with E-state index < -0.39 is 0 Å². The van der Waals surface area contributed by atoms with Crippen LogP contribution in [0.3, 0.4) is 0 Å². The minimum absolute atomic E-state index is 0.162. The maximum absolute atomic E-state index is 12.7. The molecular weight excluding hydrogens is 240 g/mol. The van der Waals surface area contributed by atoms with Gasteiger partial charge in [0.25, 0.3) is 0 Å². The lowest BCUT2D eigenvalue weighted by Crippen LogP contribution is -2.48. The molecule has 0 radical (unpaired) electrons. The van der Waals surface area contributed by atoms with Crippen LogP contribution in [-0.4, -0.2) is 46.8 Å². The first-order valence-corrected chi connectivity index (χ1v) is 7.70. The van der Waals surface area contributed by atoms with Gasteiger partial charge < -0.3 is 9.80 Å². The smallest absolute Gasteiger partial charge is 0.245 e. The highest BCUT2D eigenvalue weighted by atomic mass is 16.2. The third-order valence-electron chi connectivity index (χ3n) is 4.93. The number of amides is 2. The van der Waals surface area contributed by atoms with E-state index in [-0.39, 0.29) is 23.9 Å². The number of hydrogen-bond acceptors (Lipinski definition) is 2. The van der Waals surface area contributed by atoms with Crippen molar-refractivity contribution in [3.8, 4) is 0 Å². The predicted molar refractivity (Wildman–Crippen MR) is 74.6 cm³/mol. The summed E-state index contributed by atoms with van der Waals surface area (Å²) in [5, 5.41) is 0. The van der Waals surface area contributed by atoms with Crippen LogP contribution < -0.4 is 0 Å². The van der Waals surface area contributed by atoms with Gasteiger partial charge in [-0.3, -0.25) is 9.59 Å². The zero-order chi connectivity index (χ0) is 14.0. The molecule has 108 valence electrons. The summed E-state index contributed by atoms with van der Waals surface area (Å²) in [4.78, 5) is 28.5. The molecule has 2 aliphatic rings. The average Bonchev–Trinajstić information content (AvgIpc) is 2.85. The standard InChI is InChI=1S/C15H26N2O2/c1-4-12(5-2)11(3)16-10-8-14(18)17-9-6-7-13(17)15(16)19/h11-13H,4-10H2,1-3H3. The largest absolute Gasteiger partial charge is 0.337 e. The molecule has 0 N–H and O–H groups in total. The van der Waals surface area contributed by atoms with Crippen LogP contribution in [0.5, 0.6) is 0 Å². The second-order valence-electron chi connectivity index (χ2n) is 5.84. The highest BCUT2D eigenvalue weighted by molar-refractivity contribution is 5.90. The fraction of sp³-hybridized carbons (Fsp3) is 0.867. The van der Waals surface area contributed by atoms with Crippen molar-refractivity contribution in [3.63, 3.8) is 0 Å². The third kappa shape index (κ3) is 2.63. The van der Waals surface area contributed by atoms with Gasteiger partial charge in [0.2, 0.25) is 11.8 Å². The van der Waals surface area contributed by atoms with Gasteiger partial charge in [-0.2, -0.15) is 0 Å². The molecule has 2 unspecified atom stereocenters. The first-order valence-electron chi connectivity index (χ1n) is 7.70. The van der Waals surface area contributed by atoms with Gasteiger partial charge in [0.1, 0.15) is 6.04 Å². The normalized spacial score (nSPS) is 25.8. The van der Waals surface area contributed by atoms with E-state index in [9.17, 15) is 9.59 Å². The van der Waals surface area contributed by atoms with Gasteiger partial charge in [-0.25, -0.2) is 0 Å². The summed E-state index contributed by atoms with van der Waals surface area (Å²) >= 11 is 0. The second kappa shape index (κ2) is 5.93. The topological polar surface area (TPSA) is 40.6 Å². The van der Waals surface area contributed by atoms with E-state index >= 15 is 0 Å². The van der Waals surface area contributed by atoms with E-state index in [0.29, 0.717) is 18.9 Å². The van der Waals surface area contributed by atoms with Crippen molar-refractivity contribution >= 4 is 11.8 Å². The Morgan fingerprint density at radius 2 is 1.89 bits per heavy atom. The summed E-state index contributed by atoms with van der Waals surface area (Å²) in [6.07, 6.45) is 4.48. The lowest BCUT2D eigenvalue weighted by atomic mass is 9.93. The van der Waals surface area contributed by atoms with E-state index in [4.69, 9.17) is 0 Å². The Bertz CT molecular complexity index is 352. The molecule has 2 rings (SSSR count). The molecule has 4 nitrogen and oxygen atoms in total. The number of carbonyl (C=O) groups is 2. The van der Waals surface area contributed by atoms with Crippen molar-refractivity contribution in [2.24, 2.45) is 5.92 Å². The van der Waals surface area contributed by atoms with Gasteiger partial charge in [-0.1, -0.05) is 26.7 Å². The summed E-state index contributed by atoms with van der Waals surface area (Å²) in [5.74, 6) is 0.879. The molecule has 2 fully saturated rings. The van der Waals surface area contributed by atoms with E-state index in [0.717, 1.165) is 32.2 Å². The molecule has 19 heavy (non-hydrogen) atoms. The molecule has 2 atom stereocenters. The zero-order valence-electron chi connectivity index (χ0n) is 12.4. The van der Waals surface area contributed by atoms with Gasteiger partial charge in [0.15, 0.2) is 0 Å². The van der Waals surface area contributed by atoms with Crippen LogP contribution in [0, 0.1) is 5.92 Å². The van der Waals surface area contributed by atoms with Crippen molar-refractivity contribution in [1.82, 2.24) is 9.80 Å². The summed E-state index contributed by atoms with van der Waals surface area (Å²) in [5.41, 5.74) is 0. The molecular formula is C15H26N2O2. The van der Waals surface area contributed by atoms with Crippen molar-refractivity contribution in [2.75, 3.05) is 13.1 Å². The summed E-state index contributed by atoms with van der Waals surface area (Å²) < 4.78 is 0. The minimum atomic E-state index is -0.174. The van der Waals surface area contributed by atoms with Crippen LogP contribution in [-0.2, 0) is 9.59 Å². The lowest BCUT2D eigenvalue weighted by Gasteiger charge is -2.34. The Morgan fingerprint density at radius 1 is 1.21 bits per heavy atom. The molecule has 0 aliphatic carbocycles. The van der Waals surface area contributed by atoms with Gasteiger partial charge in [-0.05, 0) is 25.7 Å². The lowest BCUT2D eigenvalue weighted by molar-refractivity contribution is -0.141. The van der Waals surface area contributed by atoms with Crippen LogP contribution in [0.1, 0.15) is 52.9 Å². The Labute approximate surface area is 116 Å². The minimum Gasteiger partial charge on any atom is -0.337 e. The third-order valence-corrected chi connectivity index (χ3v) is 4.93. The van der Waals surface area contributed by atoms with Crippen molar-refractivity contribution < 1.29 is 9.59 Å². The summed E-state index contributed by atoms with van der Waals surface area (Å²) in [6, 6.07) is 0.0719. The number of fused-ring (bicyclic) bond motifs is 1. The molecule has 0 aromatic heterocycles. The number of rotatable bonds is 4. The first-order chi connectivity index (χ1) is 9.10. The summed E-state index contributed by atoms with van der Waals surface area (Å²) in [7, 11) is 0. The van der Waals surface area contributed by atoms with E-state index in [1.165, 1.54) is 0 Å². The molecule has 0 spiro atoms. The highest BCUT2D eigenvalue weighted by Crippen LogP contribution is 2.27. The molecule has 0 saturated carbocycles. The molecule has 2 aliphatic heterocycles. The second-order valence-corrected chi connectivity index (χ2v) is 5.84. The van der Waals surface area contributed by atoms with Crippen LogP contribution >= 0.6 is 0 Å². The first kappa shape index (κ1) is 14.4. The SMILES string of the molecule is CCC(CC)C(C)N1CCC(=O)N2CCCC2C1=O. The van der Waals surface area contributed by atoms with Crippen LogP contribution in [0.25, 0.3) is 0 Å². The van der Waals surface area contributed by atoms with E-state index in [1.54, 1.807) is 0 Å². The maximum atomic E-state index is 12.7. The van der Waals surface area contributed by atoms with Gasteiger partial charge in [0.05, 0.1) is 0 Å². The Morgan fingerprint density at radius 3 is 2.53 bits per heavy atom. The number of nitrogens with zero attached hydrogens (tertiary/aromatic N) is 2. The average molecular weight is 266 g/mol. The monoisotopic (exact) mass is 266 g/mol. The van der Waals surface area contributed by atoms with Gasteiger partial charge in [-0.15, -0.1) is 0 Å². The van der Waals surface area contributed by atoms with E-state index in [2.05, 4.69) is 20.8 Å². The van der Waals surface area contributed by atoms with Crippen molar-refractivity contribution in [1.29, 1.82) is 0 Å². The number of carbonyl (C=O) groups excluding carboxylic acids is 2. The Hall–Kier alpha value is -1.06. The van der Waals surface area contributed by atoms with Crippen molar-refractivity contribution in [3.05, 3.63) is 0 Å². The molecule has 0 aromatic carbocycles. The fourth-order valence-electron chi connectivity index (χ4n) is 3.61.